The largest absolute Gasteiger partial charge is 0.313 e. The van der Waals surface area contributed by atoms with Gasteiger partial charge in [-0.05, 0) is 48.9 Å². The van der Waals surface area contributed by atoms with Crippen LogP contribution in [0.25, 0.3) is 11.1 Å². The fourth-order valence-electron chi connectivity index (χ4n) is 1.83. The summed E-state index contributed by atoms with van der Waals surface area (Å²) >= 11 is 5.81. The molecule has 2 rings (SSSR count). The van der Waals surface area contributed by atoms with Gasteiger partial charge in [0.1, 0.15) is 5.82 Å². The molecule has 0 aliphatic heterocycles. The molecule has 0 aliphatic rings. The van der Waals surface area contributed by atoms with Gasteiger partial charge < -0.3 is 5.32 Å². The second kappa shape index (κ2) is 5.51. The Labute approximate surface area is 112 Å². The topological polar surface area (TPSA) is 12.0 Å². The summed E-state index contributed by atoms with van der Waals surface area (Å²) in [7, 11) is 1.92. The summed E-state index contributed by atoms with van der Waals surface area (Å²) in [4.78, 5) is 0. The lowest BCUT2D eigenvalue weighted by Crippen LogP contribution is -2.12. The molecule has 94 valence electrons. The van der Waals surface area contributed by atoms with E-state index >= 15 is 0 Å². The molecule has 0 fully saturated rings. The molecule has 0 saturated carbocycles. The average Bonchev–Trinajstić information content (AvgIpc) is 2.41. The molecule has 18 heavy (non-hydrogen) atoms. The van der Waals surface area contributed by atoms with Gasteiger partial charge in [-0.3, -0.25) is 0 Å². The summed E-state index contributed by atoms with van der Waals surface area (Å²) in [6, 6.07) is 13.2. The third-order valence-corrected chi connectivity index (χ3v) is 3.36. The first kappa shape index (κ1) is 13.1. The molecule has 2 aromatic rings. The normalized spacial score (nSPS) is 12.4. The third-order valence-electron chi connectivity index (χ3n) is 3.07. The van der Waals surface area contributed by atoms with Gasteiger partial charge in [0.15, 0.2) is 0 Å². The lowest BCUT2D eigenvalue weighted by molar-refractivity contribution is 0.628. The first-order valence-corrected chi connectivity index (χ1v) is 6.22. The maximum Gasteiger partial charge on any atom is 0.141 e. The van der Waals surface area contributed by atoms with Gasteiger partial charge in [-0.1, -0.05) is 35.9 Å². The van der Waals surface area contributed by atoms with Crippen LogP contribution < -0.4 is 5.32 Å². The molecule has 0 aromatic heterocycles. The summed E-state index contributed by atoms with van der Waals surface area (Å²) in [5, 5.41) is 3.35. The number of hydrogen-bond acceptors (Lipinski definition) is 1. The molecule has 1 atom stereocenters. The van der Waals surface area contributed by atoms with Crippen molar-refractivity contribution >= 4 is 11.6 Å². The summed E-state index contributed by atoms with van der Waals surface area (Å²) in [6.45, 7) is 2.09. The molecule has 0 saturated heterocycles. The Hall–Kier alpha value is -1.38. The van der Waals surface area contributed by atoms with E-state index in [4.69, 9.17) is 11.6 Å². The molecule has 0 bridgehead atoms. The molecule has 1 unspecified atom stereocenters. The molecule has 0 heterocycles. The van der Waals surface area contributed by atoms with Crippen LogP contribution in [0.4, 0.5) is 4.39 Å². The molecule has 1 N–H and O–H groups in total. The molecule has 0 amide bonds. The fourth-order valence-corrected chi connectivity index (χ4v) is 2.01. The molecule has 0 aliphatic carbocycles. The lowest BCUT2D eigenvalue weighted by Gasteiger charge is -2.12. The van der Waals surface area contributed by atoms with Gasteiger partial charge in [-0.15, -0.1) is 0 Å². The lowest BCUT2D eigenvalue weighted by atomic mass is 10.0. The van der Waals surface area contributed by atoms with Crippen LogP contribution in [0, 0.1) is 5.82 Å². The molecular formula is C15H15ClFN. The fraction of sp³-hybridized carbons (Fsp3) is 0.200. The van der Waals surface area contributed by atoms with E-state index in [0.717, 1.165) is 11.1 Å². The maximum absolute atomic E-state index is 13.1. The zero-order valence-electron chi connectivity index (χ0n) is 10.4. The van der Waals surface area contributed by atoms with Crippen LogP contribution in [0.15, 0.2) is 42.5 Å². The van der Waals surface area contributed by atoms with Crippen molar-refractivity contribution in [2.45, 2.75) is 13.0 Å². The molecular weight excluding hydrogens is 249 g/mol. The Morgan fingerprint density at radius 3 is 2.50 bits per heavy atom. The van der Waals surface area contributed by atoms with Gasteiger partial charge in [-0.25, -0.2) is 4.39 Å². The van der Waals surface area contributed by atoms with Crippen LogP contribution >= 0.6 is 11.6 Å². The second-order valence-electron chi connectivity index (χ2n) is 4.26. The van der Waals surface area contributed by atoms with E-state index in [9.17, 15) is 4.39 Å². The monoisotopic (exact) mass is 263 g/mol. The standard InChI is InChI=1S/C15H15ClFN/c1-10(18-2)11-4-3-5-12(8-11)13-6-7-15(17)14(16)9-13/h3-10,18H,1-2H3. The number of benzene rings is 2. The molecule has 1 nitrogen and oxygen atoms in total. The van der Waals surface area contributed by atoms with Gasteiger partial charge in [0.2, 0.25) is 0 Å². The van der Waals surface area contributed by atoms with Crippen LogP contribution in [0.5, 0.6) is 0 Å². The highest BCUT2D eigenvalue weighted by Gasteiger charge is 2.06. The molecule has 2 aromatic carbocycles. The van der Waals surface area contributed by atoms with Gasteiger partial charge in [0.05, 0.1) is 5.02 Å². The minimum absolute atomic E-state index is 0.152. The highest BCUT2D eigenvalue weighted by molar-refractivity contribution is 6.31. The predicted molar refractivity (Wildman–Crippen MR) is 74.3 cm³/mol. The quantitative estimate of drug-likeness (QED) is 0.864. The summed E-state index contributed by atoms with van der Waals surface area (Å²) in [6.07, 6.45) is 0. The zero-order chi connectivity index (χ0) is 13.1. The van der Waals surface area contributed by atoms with Crippen LogP contribution in [0.1, 0.15) is 18.5 Å². The van der Waals surface area contributed by atoms with Gasteiger partial charge >= 0.3 is 0 Å². The van der Waals surface area contributed by atoms with Crippen molar-refractivity contribution in [3.05, 3.63) is 58.9 Å². The minimum Gasteiger partial charge on any atom is -0.313 e. The second-order valence-corrected chi connectivity index (χ2v) is 4.67. The summed E-state index contributed by atoms with van der Waals surface area (Å²) < 4.78 is 13.1. The van der Waals surface area contributed by atoms with E-state index in [-0.39, 0.29) is 16.9 Å². The Bertz CT molecular complexity index is 554. The van der Waals surface area contributed by atoms with Gasteiger partial charge in [-0.2, -0.15) is 0 Å². The van der Waals surface area contributed by atoms with Crippen molar-refractivity contribution in [2.24, 2.45) is 0 Å². The first-order chi connectivity index (χ1) is 8.61. The predicted octanol–water partition coefficient (Wildman–Crippen LogP) is 4.43. The smallest absolute Gasteiger partial charge is 0.141 e. The van der Waals surface area contributed by atoms with E-state index in [0.29, 0.717) is 0 Å². The Balaban J connectivity index is 2.41. The number of nitrogens with one attached hydrogen (secondary N) is 1. The average molecular weight is 264 g/mol. The SMILES string of the molecule is CNC(C)c1cccc(-c2ccc(F)c(Cl)c2)c1. The summed E-state index contributed by atoms with van der Waals surface area (Å²) in [5.41, 5.74) is 3.15. The van der Waals surface area contributed by atoms with E-state index in [1.165, 1.54) is 11.6 Å². The highest BCUT2D eigenvalue weighted by atomic mass is 35.5. The number of rotatable bonds is 3. The third kappa shape index (κ3) is 2.71. The molecule has 0 radical (unpaired) electrons. The minimum atomic E-state index is -0.389. The van der Waals surface area contributed by atoms with E-state index in [2.05, 4.69) is 24.4 Å². The summed E-state index contributed by atoms with van der Waals surface area (Å²) in [5.74, 6) is -0.389. The van der Waals surface area contributed by atoms with Crippen molar-refractivity contribution in [3.63, 3.8) is 0 Å². The van der Waals surface area contributed by atoms with E-state index in [1.54, 1.807) is 12.1 Å². The van der Waals surface area contributed by atoms with Gasteiger partial charge in [0.25, 0.3) is 0 Å². The van der Waals surface area contributed by atoms with Crippen molar-refractivity contribution in [1.29, 1.82) is 0 Å². The zero-order valence-corrected chi connectivity index (χ0v) is 11.1. The van der Waals surface area contributed by atoms with Gasteiger partial charge in [0, 0.05) is 6.04 Å². The van der Waals surface area contributed by atoms with Crippen LogP contribution in [0.2, 0.25) is 5.02 Å². The van der Waals surface area contributed by atoms with Crippen molar-refractivity contribution < 1.29 is 4.39 Å². The molecule has 3 heteroatoms. The first-order valence-electron chi connectivity index (χ1n) is 5.84. The van der Waals surface area contributed by atoms with E-state index in [1.807, 2.05) is 19.2 Å². The molecule has 0 spiro atoms. The van der Waals surface area contributed by atoms with E-state index < -0.39 is 0 Å². The van der Waals surface area contributed by atoms with Crippen molar-refractivity contribution in [2.75, 3.05) is 7.05 Å². The van der Waals surface area contributed by atoms with Crippen LogP contribution in [0.3, 0.4) is 0 Å². The Morgan fingerprint density at radius 1 is 1.11 bits per heavy atom. The number of hydrogen-bond donors (Lipinski definition) is 1. The Kier molecular flexibility index (Phi) is 4.00. The number of halogens is 2. The highest BCUT2D eigenvalue weighted by Crippen LogP contribution is 2.26. The Morgan fingerprint density at radius 2 is 1.83 bits per heavy atom. The van der Waals surface area contributed by atoms with Crippen LogP contribution in [-0.4, -0.2) is 7.05 Å². The van der Waals surface area contributed by atoms with Crippen LogP contribution in [-0.2, 0) is 0 Å². The maximum atomic E-state index is 13.1. The van der Waals surface area contributed by atoms with Crippen molar-refractivity contribution in [3.8, 4) is 11.1 Å². The van der Waals surface area contributed by atoms with Crippen molar-refractivity contribution in [1.82, 2.24) is 5.32 Å².